The van der Waals surface area contributed by atoms with Crippen molar-refractivity contribution in [3.05, 3.63) is 54.0 Å². The number of carboxylic acids is 1. The lowest BCUT2D eigenvalue weighted by Gasteiger charge is -2.12. The fraction of sp³-hybridized carbons (Fsp3) is 0.118. The van der Waals surface area contributed by atoms with E-state index in [0.717, 1.165) is 11.1 Å². The van der Waals surface area contributed by atoms with Crippen molar-refractivity contribution in [3.63, 3.8) is 0 Å². The van der Waals surface area contributed by atoms with E-state index < -0.39 is 11.7 Å². The number of rotatable bonds is 7. The van der Waals surface area contributed by atoms with Gasteiger partial charge in [-0.25, -0.2) is 10.6 Å². The van der Waals surface area contributed by atoms with Gasteiger partial charge in [0.15, 0.2) is 17.2 Å². The quantitative estimate of drug-likeness (QED) is 0.257. The van der Waals surface area contributed by atoms with Crippen LogP contribution in [0.25, 0.3) is 11.1 Å². The summed E-state index contributed by atoms with van der Waals surface area (Å²) in [6.45, 7) is 0. The number of carboxylic acid groups (broad SMARTS) is 1. The van der Waals surface area contributed by atoms with Gasteiger partial charge in [-0.1, -0.05) is 18.2 Å². The van der Waals surface area contributed by atoms with Crippen molar-refractivity contribution in [2.75, 3.05) is 14.2 Å². The maximum absolute atomic E-state index is 10.9. The molecule has 0 unspecified atom stereocenters. The molecule has 0 aliphatic carbocycles. The van der Waals surface area contributed by atoms with E-state index in [-0.39, 0.29) is 5.88 Å². The summed E-state index contributed by atoms with van der Waals surface area (Å²) in [5.41, 5.74) is 8.82. The lowest BCUT2D eigenvalue weighted by Crippen LogP contribution is -2.31. The number of nitrogens with one attached hydrogen (secondary N) is 1. The highest BCUT2D eigenvalue weighted by molar-refractivity contribution is 5.85. The normalized spacial score (nSPS) is 11.3. The van der Waals surface area contributed by atoms with Crippen molar-refractivity contribution < 1.29 is 24.1 Å². The molecule has 8 heteroatoms. The topological polar surface area (TPSA) is 129 Å². The first-order valence-corrected chi connectivity index (χ1v) is 7.20. The Bertz CT molecular complexity index is 787. The standard InChI is InChI=1S/C17H19N3O5/c1-23-13-8-5-11(9-14(13)24-2)10-3-6-12(7-4-10)25-16(20-19)15(18)17(21)22/h3-9,20H,18-19H2,1-2H3,(H,21,22)/b16-15+. The average molecular weight is 345 g/mol. The lowest BCUT2D eigenvalue weighted by molar-refractivity contribution is -0.132. The lowest BCUT2D eigenvalue weighted by atomic mass is 10.1. The van der Waals surface area contributed by atoms with Gasteiger partial charge < -0.3 is 25.1 Å². The van der Waals surface area contributed by atoms with Crippen molar-refractivity contribution in [1.29, 1.82) is 0 Å². The van der Waals surface area contributed by atoms with Crippen LogP contribution in [-0.4, -0.2) is 25.3 Å². The molecule has 0 spiro atoms. The molecule has 0 aliphatic heterocycles. The predicted molar refractivity (Wildman–Crippen MR) is 91.8 cm³/mol. The summed E-state index contributed by atoms with van der Waals surface area (Å²) >= 11 is 0. The van der Waals surface area contributed by atoms with E-state index in [4.69, 9.17) is 30.9 Å². The number of hydrogen-bond acceptors (Lipinski definition) is 7. The van der Waals surface area contributed by atoms with Gasteiger partial charge in [0.1, 0.15) is 5.75 Å². The molecule has 2 aromatic carbocycles. The smallest absolute Gasteiger partial charge is 0.357 e. The van der Waals surface area contributed by atoms with Crippen LogP contribution in [0, 0.1) is 0 Å². The summed E-state index contributed by atoms with van der Waals surface area (Å²) in [6, 6.07) is 12.5. The molecule has 0 amide bonds. The monoisotopic (exact) mass is 345 g/mol. The van der Waals surface area contributed by atoms with E-state index in [1.807, 2.05) is 30.3 Å². The van der Waals surface area contributed by atoms with E-state index in [0.29, 0.717) is 17.2 Å². The maximum Gasteiger partial charge on any atom is 0.357 e. The Kier molecular flexibility index (Phi) is 5.70. The SMILES string of the molecule is COc1ccc(-c2ccc(O/C(NN)=C(/N)C(=O)O)cc2)cc1OC. The van der Waals surface area contributed by atoms with Crippen LogP contribution in [0.3, 0.4) is 0 Å². The van der Waals surface area contributed by atoms with Gasteiger partial charge in [-0.2, -0.15) is 0 Å². The summed E-state index contributed by atoms with van der Waals surface area (Å²) in [6.07, 6.45) is 0. The van der Waals surface area contributed by atoms with Gasteiger partial charge in [-0.3, -0.25) is 5.43 Å². The Morgan fingerprint density at radius 2 is 1.60 bits per heavy atom. The highest BCUT2D eigenvalue weighted by Gasteiger charge is 2.12. The number of benzene rings is 2. The van der Waals surface area contributed by atoms with Gasteiger partial charge in [-0.05, 0) is 35.4 Å². The first-order chi connectivity index (χ1) is 12.0. The molecular formula is C17H19N3O5. The van der Waals surface area contributed by atoms with Gasteiger partial charge in [0.25, 0.3) is 0 Å². The zero-order chi connectivity index (χ0) is 18.4. The van der Waals surface area contributed by atoms with Crippen LogP contribution >= 0.6 is 0 Å². The largest absolute Gasteiger partial charge is 0.493 e. The molecule has 0 atom stereocenters. The first kappa shape index (κ1) is 18.0. The molecule has 0 radical (unpaired) electrons. The molecule has 2 rings (SSSR count). The molecule has 2 aromatic rings. The Morgan fingerprint density at radius 1 is 1.00 bits per heavy atom. The van der Waals surface area contributed by atoms with Crippen LogP contribution in [0.4, 0.5) is 0 Å². The third kappa shape index (κ3) is 4.12. The van der Waals surface area contributed by atoms with Gasteiger partial charge in [0.2, 0.25) is 5.88 Å². The highest BCUT2D eigenvalue weighted by Crippen LogP contribution is 2.32. The van der Waals surface area contributed by atoms with Crippen LogP contribution in [0.5, 0.6) is 17.2 Å². The molecule has 8 nitrogen and oxygen atoms in total. The predicted octanol–water partition coefficient (Wildman–Crippen LogP) is 1.43. The fourth-order valence-corrected chi connectivity index (χ4v) is 2.11. The number of carbonyl (C=O) groups is 1. The molecule has 0 fully saturated rings. The molecule has 0 heterocycles. The molecule has 0 aromatic heterocycles. The molecule has 6 N–H and O–H groups in total. The number of ether oxygens (including phenoxy) is 3. The molecular weight excluding hydrogens is 326 g/mol. The Morgan fingerprint density at radius 3 is 2.12 bits per heavy atom. The second kappa shape index (κ2) is 7.93. The fourth-order valence-electron chi connectivity index (χ4n) is 2.11. The second-order valence-electron chi connectivity index (χ2n) is 4.89. The summed E-state index contributed by atoms with van der Waals surface area (Å²) in [7, 11) is 3.14. The third-order valence-corrected chi connectivity index (χ3v) is 3.40. The summed E-state index contributed by atoms with van der Waals surface area (Å²) in [5.74, 6) is 5.29. The van der Waals surface area contributed by atoms with E-state index in [2.05, 4.69) is 5.43 Å². The van der Waals surface area contributed by atoms with Crippen molar-refractivity contribution in [3.8, 4) is 28.4 Å². The average Bonchev–Trinajstić information content (AvgIpc) is 2.65. The molecule has 0 bridgehead atoms. The van der Waals surface area contributed by atoms with Gasteiger partial charge in [-0.15, -0.1) is 0 Å². The zero-order valence-corrected chi connectivity index (χ0v) is 13.8. The van der Waals surface area contributed by atoms with Crippen molar-refractivity contribution in [2.24, 2.45) is 11.6 Å². The van der Waals surface area contributed by atoms with Crippen LogP contribution in [0.15, 0.2) is 54.0 Å². The molecule has 0 aliphatic rings. The Hall–Kier alpha value is -3.39. The molecule has 132 valence electrons. The molecule has 0 saturated heterocycles. The number of hydrogen-bond donors (Lipinski definition) is 4. The summed E-state index contributed by atoms with van der Waals surface area (Å²) < 4.78 is 15.9. The Labute approximate surface area is 144 Å². The van der Waals surface area contributed by atoms with E-state index >= 15 is 0 Å². The second-order valence-corrected chi connectivity index (χ2v) is 4.89. The van der Waals surface area contributed by atoms with Crippen molar-refractivity contribution in [1.82, 2.24) is 5.43 Å². The summed E-state index contributed by atoms with van der Waals surface area (Å²) in [5, 5.41) is 8.87. The number of methoxy groups -OCH3 is 2. The Balaban J connectivity index is 2.25. The molecule has 25 heavy (non-hydrogen) atoms. The summed E-state index contributed by atoms with van der Waals surface area (Å²) in [4.78, 5) is 10.9. The van der Waals surface area contributed by atoms with E-state index in [1.165, 1.54) is 0 Å². The number of hydrazine groups is 1. The first-order valence-electron chi connectivity index (χ1n) is 7.20. The van der Waals surface area contributed by atoms with Gasteiger partial charge >= 0.3 is 5.97 Å². The van der Waals surface area contributed by atoms with Gasteiger partial charge in [0, 0.05) is 0 Å². The zero-order valence-electron chi connectivity index (χ0n) is 13.8. The number of nitrogens with two attached hydrogens (primary N) is 2. The number of aliphatic carboxylic acids is 1. The van der Waals surface area contributed by atoms with Crippen molar-refractivity contribution in [2.45, 2.75) is 0 Å². The highest BCUT2D eigenvalue weighted by atomic mass is 16.5. The minimum atomic E-state index is -1.34. The van der Waals surface area contributed by atoms with Crippen LogP contribution in [0.2, 0.25) is 0 Å². The molecule has 0 saturated carbocycles. The van der Waals surface area contributed by atoms with Crippen LogP contribution < -0.4 is 31.2 Å². The van der Waals surface area contributed by atoms with E-state index in [1.54, 1.807) is 26.4 Å². The van der Waals surface area contributed by atoms with Crippen LogP contribution in [0.1, 0.15) is 0 Å². The minimum Gasteiger partial charge on any atom is -0.493 e. The maximum atomic E-state index is 10.9. The van der Waals surface area contributed by atoms with Crippen LogP contribution in [-0.2, 0) is 4.79 Å². The minimum absolute atomic E-state index is 0.244. The third-order valence-electron chi connectivity index (χ3n) is 3.40. The van der Waals surface area contributed by atoms with Gasteiger partial charge in [0.05, 0.1) is 14.2 Å². The van der Waals surface area contributed by atoms with E-state index in [9.17, 15) is 4.79 Å². The van der Waals surface area contributed by atoms with Crippen molar-refractivity contribution >= 4 is 5.97 Å².